The van der Waals surface area contributed by atoms with Crippen LogP contribution in [0.25, 0.3) is 10.9 Å². The number of nitrogens with zero attached hydrogens (tertiary/aromatic N) is 3. The summed E-state index contributed by atoms with van der Waals surface area (Å²) in [7, 11) is 1.42. The molecule has 7 heteroatoms. The van der Waals surface area contributed by atoms with Gasteiger partial charge >= 0.3 is 0 Å². The SMILES string of the molecule is CCc1cnc(CNc2ncnc3c(F)c(OC)ccc23)o1. The molecule has 1 aromatic carbocycles. The molecule has 0 saturated heterocycles. The van der Waals surface area contributed by atoms with E-state index in [1.54, 1.807) is 18.3 Å². The monoisotopic (exact) mass is 302 g/mol. The van der Waals surface area contributed by atoms with Crippen LogP contribution in [0.2, 0.25) is 0 Å². The van der Waals surface area contributed by atoms with Crippen LogP contribution in [-0.4, -0.2) is 22.1 Å². The number of nitrogens with one attached hydrogen (secondary N) is 1. The van der Waals surface area contributed by atoms with Crippen LogP contribution >= 0.6 is 0 Å². The van der Waals surface area contributed by atoms with Crippen LogP contribution < -0.4 is 10.1 Å². The predicted octanol–water partition coefficient (Wildman–Crippen LogP) is 2.94. The molecule has 0 fully saturated rings. The Morgan fingerprint density at radius 2 is 2.14 bits per heavy atom. The number of oxazole rings is 1. The zero-order valence-corrected chi connectivity index (χ0v) is 12.3. The zero-order chi connectivity index (χ0) is 15.5. The summed E-state index contributed by atoms with van der Waals surface area (Å²) < 4.78 is 24.7. The minimum atomic E-state index is -0.505. The van der Waals surface area contributed by atoms with Crippen molar-refractivity contribution in [2.45, 2.75) is 19.9 Å². The number of aromatic nitrogens is 3. The summed E-state index contributed by atoms with van der Waals surface area (Å²) in [5, 5.41) is 3.66. The molecular weight excluding hydrogens is 287 g/mol. The maximum atomic E-state index is 14.2. The van der Waals surface area contributed by atoms with Crippen LogP contribution in [0.5, 0.6) is 5.75 Å². The van der Waals surface area contributed by atoms with Gasteiger partial charge in [-0.05, 0) is 12.1 Å². The van der Waals surface area contributed by atoms with E-state index in [1.807, 2.05) is 6.92 Å². The molecule has 22 heavy (non-hydrogen) atoms. The van der Waals surface area contributed by atoms with Crippen molar-refractivity contribution in [3.8, 4) is 5.75 Å². The molecular formula is C15H15FN4O2. The Hall–Kier alpha value is -2.70. The van der Waals surface area contributed by atoms with E-state index in [-0.39, 0.29) is 11.3 Å². The van der Waals surface area contributed by atoms with Gasteiger partial charge < -0.3 is 14.5 Å². The highest BCUT2D eigenvalue weighted by Gasteiger charge is 2.13. The first-order valence-electron chi connectivity index (χ1n) is 6.87. The lowest BCUT2D eigenvalue weighted by Crippen LogP contribution is -2.03. The number of rotatable bonds is 5. The summed E-state index contributed by atoms with van der Waals surface area (Å²) in [6, 6.07) is 3.26. The quantitative estimate of drug-likeness (QED) is 0.781. The Kier molecular flexibility index (Phi) is 3.86. The Morgan fingerprint density at radius 1 is 1.27 bits per heavy atom. The van der Waals surface area contributed by atoms with Gasteiger partial charge in [0.25, 0.3) is 0 Å². The molecule has 0 unspecified atom stereocenters. The molecule has 3 rings (SSSR count). The molecule has 6 nitrogen and oxygen atoms in total. The lowest BCUT2D eigenvalue weighted by molar-refractivity contribution is 0.388. The fourth-order valence-electron chi connectivity index (χ4n) is 2.13. The summed E-state index contributed by atoms with van der Waals surface area (Å²) in [4.78, 5) is 12.3. The maximum absolute atomic E-state index is 14.2. The van der Waals surface area contributed by atoms with Gasteiger partial charge in [0.15, 0.2) is 11.6 Å². The van der Waals surface area contributed by atoms with E-state index >= 15 is 0 Å². The van der Waals surface area contributed by atoms with Gasteiger partial charge in [0.05, 0.1) is 19.9 Å². The van der Waals surface area contributed by atoms with Crippen molar-refractivity contribution in [3.05, 3.63) is 42.1 Å². The van der Waals surface area contributed by atoms with Crippen molar-refractivity contribution in [1.29, 1.82) is 0 Å². The molecule has 0 atom stereocenters. The first-order valence-corrected chi connectivity index (χ1v) is 6.87. The molecule has 0 aliphatic rings. The molecule has 3 aromatic rings. The number of hydrogen-bond acceptors (Lipinski definition) is 6. The van der Waals surface area contributed by atoms with Crippen LogP contribution in [0, 0.1) is 5.82 Å². The lowest BCUT2D eigenvalue weighted by atomic mass is 10.2. The second kappa shape index (κ2) is 5.97. The van der Waals surface area contributed by atoms with Crippen molar-refractivity contribution in [2.24, 2.45) is 0 Å². The first kappa shape index (κ1) is 14.2. The number of halogens is 1. The Morgan fingerprint density at radius 3 is 2.86 bits per heavy atom. The minimum Gasteiger partial charge on any atom is -0.494 e. The van der Waals surface area contributed by atoms with E-state index in [0.29, 0.717) is 23.6 Å². The highest BCUT2D eigenvalue weighted by atomic mass is 19.1. The first-order chi connectivity index (χ1) is 10.7. The van der Waals surface area contributed by atoms with E-state index in [1.165, 1.54) is 13.4 Å². The van der Waals surface area contributed by atoms with Gasteiger partial charge in [-0.15, -0.1) is 0 Å². The van der Waals surface area contributed by atoms with E-state index in [4.69, 9.17) is 9.15 Å². The van der Waals surface area contributed by atoms with Gasteiger partial charge in [0.2, 0.25) is 5.89 Å². The van der Waals surface area contributed by atoms with Crippen molar-refractivity contribution >= 4 is 16.7 Å². The summed E-state index contributed by atoms with van der Waals surface area (Å²) in [5.74, 6) is 1.54. The molecule has 0 radical (unpaired) electrons. The predicted molar refractivity (Wildman–Crippen MR) is 79.3 cm³/mol. The van der Waals surface area contributed by atoms with Gasteiger partial charge in [-0.3, -0.25) is 0 Å². The van der Waals surface area contributed by atoms with Gasteiger partial charge in [0.1, 0.15) is 23.4 Å². The third-order valence-electron chi connectivity index (χ3n) is 3.29. The van der Waals surface area contributed by atoms with E-state index in [9.17, 15) is 4.39 Å². The Bertz CT molecular complexity index is 803. The highest BCUT2D eigenvalue weighted by molar-refractivity contribution is 5.90. The molecule has 0 aliphatic carbocycles. The number of ether oxygens (including phenoxy) is 1. The normalized spacial score (nSPS) is 10.9. The van der Waals surface area contributed by atoms with Crippen molar-refractivity contribution in [2.75, 3.05) is 12.4 Å². The van der Waals surface area contributed by atoms with Crippen molar-refractivity contribution < 1.29 is 13.5 Å². The highest BCUT2D eigenvalue weighted by Crippen LogP contribution is 2.28. The van der Waals surface area contributed by atoms with Crippen LogP contribution in [0.1, 0.15) is 18.6 Å². The van der Waals surface area contributed by atoms with E-state index in [2.05, 4.69) is 20.3 Å². The number of aryl methyl sites for hydroxylation is 1. The molecule has 1 N–H and O–H groups in total. The number of anilines is 1. The molecule has 2 heterocycles. The number of hydrogen-bond donors (Lipinski definition) is 1. The zero-order valence-electron chi connectivity index (χ0n) is 12.3. The summed E-state index contributed by atoms with van der Waals surface area (Å²) in [6.07, 6.45) is 3.79. The average molecular weight is 302 g/mol. The van der Waals surface area contributed by atoms with Crippen LogP contribution in [0.3, 0.4) is 0 Å². The fourth-order valence-corrected chi connectivity index (χ4v) is 2.13. The standard InChI is InChI=1S/C15H15FN4O2/c1-3-9-6-17-12(22-9)7-18-15-10-4-5-11(21-2)13(16)14(10)19-8-20-15/h4-6,8H,3,7H2,1-2H3,(H,18,19,20). The summed E-state index contributed by atoms with van der Waals surface area (Å²) in [6.45, 7) is 2.35. The molecule has 0 spiro atoms. The number of methoxy groups -OCH3 is 1. The largest absolute Gasteiger partial charge is 0.494 e. The second-order valence-electron chi connectivity index (χ2n) is 4.63. The van der Waals surface area contributed by atoms with E-state index in [0.717, 1.165) is 12.2 Å². The lowest BCUT2D eigenvalue weighted by Gasteiger charge is -2.09. The van der Waals surface area contributed by atoms with Crippen LogP contribution in [0.15, 0.2) is 29.1 Å². The third-order valence-corrected chi connectivity index (χ3v) is 3.29. The molecule has 0 aliphatic heterocycles. The van der Waals surface area contributed by atoms with Crippen LogP contribution in [-0.2, 0) is 13.0 Å². The number of benzene rings is 1. The molecule has 2 aromatic heterocycles. The topological polar surface area (TPSA) is 73.1 Å². The van der Waals surface area contributed by atoms with Crippen molar-refractivity contribution in [3.63, 3.8) is 0 Å². The second-order valence-corrected chi connectivity index (χ2v) is 4.63. The van der Waals surface area contributed by atoms with Crippen LogP contribution in [0.4, 0.5) is 10.2 Å². The van der Waals surface area contributed by atoms with Gasteiger partial charge in [0, 0.05) is 11.8 Å². The Balaban J connectivity index is 1.89. The molecule has 0 amide bonds. The minimum absolute atomic E-state index is 0.150. The Labute approximate surface area is 126 Å². The average Bonchev–Trinajstić information content (AvgIpc) is 3.01. The van der Waals surface area contributed by atoms with Crippen molar-refractivity contribution in [1.82, 2.24) is 15.0 Å². The summed E-state index contributed by atoms with van der Waals surface area (Å²) in [5.41, 5.74) is 0.207. The van der Waals surface area contributed by atoms with Gasteiger partial charge in [-0.2, -0.15) is 0 Å². The molecule has 0 saturated carbocycles. The molecule has 114 valence electrons. The van der Waals surface area contributed by atoms with Gasteiger partial charge in [-0.1, -0.05) is 6.92 Å². The third kappa shape index (κ3) is 2.57. The van der Waals surface area contributed by atoms with E-state index < -0.39 is 5.82 Å². The molecule has 0 bridgehead atoms. The smallest absolute Gasteiger partial charge is 0.213 e. The maximum Gasteiger partial charge on any atom is 0.213 e. The fraction of sp³-hybridized carbons (Fsp3) is 0.267. The summed E-state index contributed by atoms with van der Waals surface area (Å²) >= 11 is 0. The number of fused-ring (bicyclic) bond motifs is 1. The van der Waals surface area contributed by atoms with Gasteiger partial charge in [-0.25, -0.2) is 19.3 Å².